The summed E-state index contributed by atoms with van der Waals surface area (Å²) >= 11 is 5.81. The van der Waals surface area contributed by atoms with Gasteiger partial charge in [0, 0.05) is 56.8 Å². The molecule has 0 bridgehead atoms. The number of urea groups is 1. The smallest absolute Gasteiger partial charge is 0.322 e. The molecule has 1 aromatic carbocycles. The van der Waals surface area contributed by atoms with Crippen LogP contribution in [0.2, 0.25) is 5.02 Å². The van der Waals surface area contributed by atoms with E-state index < -0.39 is 5.82 Å². The minimum Gasteiger partial charge on any atom is -0.340 e. The molecule has 0 aliphatic carbocycles. The highest BCUT2D eigenvalue weighted by atomic mass is 35.5. The average molecular weight is 449 g/mol. The van der Waals surface area contributed by atoms with Crippen molar-refractivity contribution in [1.82, 2.24) is 24.5 Å². The maximum Gasteiger partial charge on any atom is 0.322 e. The van der Waals surface area contributed by atoms with Gasteiger partial charge in [-0.2, -0.15) is 5.10 Å². The Bertz CT molecular complexity index is 1020. The van der Waals surface area contributed by atoms with Crippen LogP contribution in [0.3, 0.4) is 0 Å². The molecule has 8 nitrogen and oxygen atoms in total. The number of carbonyl (C=O) groups excluding carboxylic acids is 2. The Morgan fingerprint density at radius 3 is 2.84 bits per heavy atom. The maximum atomic E-state index is 13.4. The van der Waals surface area contributed by atoms with Crippen molar-refractivity contribution >= 4 is 29.2 Å². The van der Waals surface area contributed by atoms with Gasteiger partial charge in [0.25, 0.3) is 5.91 Å². The van der Waals surface area contributed by atoms with Crippen LogP contribution in [-0.4, -0.2) is 77.2 Å². The average Bonchev–Trinajstić information content (AvgIpc) is 3.01. The summed E-state index contributed by atoms with van der Waals surface area (Å²) in [4.78, 5) is 31.4. The summed E-state index contributed by atoms with van der Waals surface area (Å²) in [5.41, 5.74) is 2.66. The van der Waals surface area contributed by atoms with E-state index >= 15 is 0 Å². The molecule has 166 valence electrons. The van der Waals surface area contributed by atoms with Gasteiger partial charge in [0.1, 0.15) is 11.5 Å². The van der Waals surface area contributed by atoms with Crippen molar-refractivity contribution in [2.24, 2.45) is 5.92 Å². The fourth-order valence-electron chi connectivity index (χ4n) is 4.33. The number of aromatic nitrogens is 2. The first-order valence-electron chi connectivity index (χ1n) is 10.2. The summed E-state index contributed by atoms with van der Waals surface area (Å²) in [7, 11) is 5.85. The van der Waals surface area contributed by atoms with E-state index in [0.717, 1.165) is 17.8 Å². The van der Waals surface area contributed by atoms with Gasteiger partial charge in [0.2, 0.25) is 0 Å². The molecule has 1 atom stereocenters. The number of nitrogens with one attached hydrogen (secondary N) is 1. The van der Waals surface area contributed by atoms with Gasteiger partial charge in [-0.3, -0.25) is 9.48 Å². The molecule has 0 fully saturated rings. The van der Waals surface area contributed by atoms with Crippen LogP contribution in [0.4, 0.5) is 14.9 Å². The zero-order valence-electron chi connectivity index (χ0n) is 17.9. The minimum absolute atomic E-state index is 0.0541. The lowest BCUT2D eigenvalue weighted by atomic mass is 10.0. The van der Waals surface area contributed by atoms with E-state index in [9.17, 15) is 14.0 Å². The van der Waals surface area contributed by atoms with Crippen molar-refractivity contribution in [3.63, 3.8) is 0 Å². The van der Waals surface area contributed by atoms with E-state index in [4.69, 9.17) is 16.7 Å². The number of nitrogens with zero attached hydrogens (tertiary/aromatic N) is 5. The van der Waals surface area contributed by atoms with Crippen LogP contribution in [-0.2, 0) is 19.5 Å². The van der Waals surface area contributed by atoms with Gasteiger partial charge in [0.05, 0.1) is 17.3 Å². The SMILES string of the molecule is CN(C)CC1CN(C)C(=O)c2c3c(nn2C1)CCN(C(=O)Nc1ccc(F)c(Cl)c1)C3. The van der Waals surface area contributed by atoms with Gasteiger partial charge in [-0.05, 0) is 32.3 Å². The monoisotopic (exact) mass is 448 g/mol. The third kappa shape index (κ3) is 4.38. The number of amides is 3. The van der Waals surface area contributed by atoms with Crippen molar-refractivity contribution in [3.8, 4) is 0 Å². The van der Waals surface area contributed by atoms with Gasteiger partial charge in [-0.15, -0.1) is 0 Å². The lowest BCUT2D eigenvalue weighted by Crippen LogP contribution is -2.40. The van der Waals surface area contributed by atoms with Gasteiger partial charge >= 0.3 is 6.03 Å². The third-order valence-electron chi connectivity index (χ3n) is 5.70. The molecular weight excluding hydrogens is 423 g/mol. The van der Waals surface area contributed by atoms with E-state index in [2.05, 4.69) is 10.2 Å². The first kappa shape index (κ1) is 21.6. The quantitative estimate of drug-likeness (QED) is 0.783. The van der Waals surface area contributed by atoms with Crippen LogP contribution in [0.5, 0.6) is 0 Å². The Labute approximate surface area is 185 Å². The first-order valence-corrected chi connectivity index (χ1v) is 10.6. The first-order chi connectivity index (χ1) is 14.7. The summed E-state index contributed by atoms with van der Waals surface area (Å²) in [5, 5.41) is 7.42. The Kier molecular flexibility index (Phi) is 5.90. The molecule has 0 spiro atoms. The fourth-order valence-corrected chi connectivity index (χ4v) is 4.51. The predicted octanol–water partition coefficient (Wildman–Crippen LogP) is 2.53. The van der Waals surface area contributed by atoms with Crippen molar-refractivity contribution in [3.05, 3.63) is 46.0 Å². The van der Waals surface area contributed by atoms with E-state index in [1.54, 1.807) is 9.80 Å². The summed E-state index contributed by atoms with van der Waals surface area (Å²) in [6.07, 6.45) is 0.572. The molecule has 10 heteroatoms. The number of rotatable bonds is 3. The lowest BCUT2D eigenvalue weighted by molar-refractivity contribution is 0.0773. The Balaban J connectivity index is 1.55. The number of carbonyl (C=O) groups is 2. The predicted molar refractivity (Wildman–Crippen MR) is 116 cm³/mol. The van der Waals surface area contributed by atoms with Crippen LogP contribution >= 0.6 is 11.6 Å². The second-order valence-corrected chi connectivity index (χ2v) is 8.91. The topological polar surface area (TPSA) is 73.7 Å². The van der Waals surface area contributed by atoms with E-state index in [1.807, 2.05) is 25.8 Å². The Hall–Kier alpha value is -2.65. The maximum absolute atomic E-state index is 13.4. The molecular formula is C21H26ClFN6O2. The number of benzene rings is 1. The molecule has 4 rings (SSSR count). The number of fused-ring (bicyclic) bond motifs is 3. The fraction of sp³-hybridized carbons (Fsp3) is 0.476. The number of halogens is 2. The molecule has 2 aliphatic heterocycles. The molecule has 2 aliphatic rings. The zero-order chi connectivity index (χ0) is 22.3. The van der Waals surface area contributed by atoms with E-state index in [0.29, 0.717) is 44.0 Å². The lowest BCUT2D eigenvalue weighted by Gasteiger charge is -2.27. The molecule has 3 heterocycles. The third-order valence-corrected chi connectivity index (χ3v) is 5.98. The van der Waals surface area contributed by atoms with E-state index in [1.165, 1.54) is 18.2 Å². The zero-order valence-corrected chi connectivity index (χ0v) is 18.6. The second kappa shape index (κ2) is 8.47. The van der Waals surface area contributed by atoms with Gasteiger partial charge in [-0.25, -0.2) is 9.18 Å². The highest BCUT2D eigenvalue weighted by molar-refractivity contribution is 6.31. The molecule has 0 saturated heterocycles. The van der Waals surface area contributed by atoms with Crippen molar-refractivity contribution in [1.29, 1.82) is 0 Å². The Morgan fingerprint density at radius 2 is 2.13 bits per heavy atom. The highest BCUT2D eigenvalue weighted by Gasteiger charge is 2.34. The van der Waals surface area contributed by atoms with Gasteiger partial charge in [0.15, 0.2) is 0 Å². The molecule has 1 N–H and O–H groups in total. The minimum atomic E-state index is -0.542. The van der Waals surface area contributed by atoms with Crippen molar-refractivity contribution in [2.75, 3.05) is 46.1 Å². The van der Waals surface area contributed by atoms with Crippen molar-refractivity contribution < 1.29 is 14.0 Å². The Morgan fingerprint density at radius 1 is 1.35 bits per heavy atom. The molecule has 2 aromatic rings. The summed E-state index contributed by atoms with van der Waals surface area (Å²) in [5.74, 6) is -0.336. The summed E-state index contributed by atoms with van der Waals surface area (Å²) in [6, 6.07) is 3.72. The standard InChI is InChI=1S/C21H26ClFN6O2/c1-26(2)9-13-10-27(3)20(30)19-15-12-28(7-6-18(15)25-29(19)11-13)21(31)24-14-4-5-17(23)16(22)8-14/h4-5,8,13H,6-7,9-12H2,1-3H3,(H,24,31). The number of anilines is 1. The number of hydrogen-bond acceptors (Lipinski definition) is 4. The van der Waals surface area contributed by atoms with Gasteiger partial charge in [-0.1, -0.05) is 11.6 Å². The van der Waals surface area contributed by atoms with Crippen LogP contribution < -0.4 is 5.32 Å². The normalized spacial score (nSPS) is 18.6. The van der Waals surface area contributed by atoms with Crippen LogP contribution in [0.1, 0.15) is 21.7 Å². The van der Waals surface area contributed by atoms with Crippen LogP contribution in [0.15, 0.2) is 18.2 Å². The van der Waals surface area contributed by atoms with Gasteiger partial charge < -0.3 is 20.0 Å². The van der Waals surface area contributed by atoms with Crippen LogP contribution in [0.25, 0.3) is 0 Å². The second-order valence-electron chi connectivity index (χ2n) is 8.50. The van der Waals surface area contributed by atoms with Crippen LogP contribution in [0, 0.1) is 11.7 Å². The summed E-state index contributed by atoms with van der Waals surface area (Å²) in [6.45, 7) is 2.95. The molecule has 1 unspecified atom stereocenters. The van der Waals surface area contributed by atoms with E-state index in [-0.39, 0.29) is 22.9 Å². The summed E-state index contributed by atoms with van der Waals surface area (Å²) < 4.78 is 15.2. The largest absolute Gasteiger partial charge is 0.340 e. The molecule has 0 radical (unpaired) electrons. The highest BCUT2D eigenvalue weighted by Crippen LogP contribution is 2.27. The number of hydrogen-bond donors (Lipinski definition) is 1. The molecule has 0 saturated carbocycles. The molecule has 1 aromatic heterocycles. The molecule has 3 amide bonds. The van der Waals surface area contributed by atoms with Crippen molar-refractivity contribution in [2.45, 2.75) is 19.5 Å². The molecule has 31 heavy (non-hydrogen) atoms.